The molecule has 0 aliphatic rings. The molecule has 1 amide bonds. The molecule has 0 bridgehead atoms. The van der Waals surface area contributed by atoms with Gasteiger partial charge in [-0.05, 0) is 18.9 Å². The minimum atomic E-state index is 0.110. The third-order valence-electron chi connectivity index (χ3n) is 3.48. The summed E-state index contributed by atoms with van der Waals surface area (Å²) >= 11 is 6.12. The molecule has 0 saturated heterocycles. The molecule has 0 spiro atoms. The van der Waals surface area contributed by atoms with Gasteiger partial charge in [-0.25, -0.2) is 0 Å². The van der Waals surface area contributed by atoms with E-state index < -0.39 is 0 Å². The molecule has 0 radical (unpaired) electrons. The van der Waals surface area contributed by atoms with Crippen LogP contribution in [-0.2, 0) is 24.3 Å². The highest BCUT2D eigenvalue weighted by Gasteiger charge is 2.14. The molecule has 0 aliphatic carbocycles. The lowest BCUT2D eigenvalue weighted by Crippen LogP contribution is -2.27. The van der Waals surface area contributed by atoms with Crippen LogP contribution < -0.4 is 0 Å². The van der Waals surface area contributed by atoms with Crippen LogP contribution in [0.4, 0.5) is 0 Å². The summed E-state index contributed by atoms with van der Waals surface area (Å²) in [7, 11) is 1.80. The Kier molecular flexibility index (Phi) is 5.39. The zero-order chi connectivity index (χ0) is 15.2. The summed E-state index contributed by atoms with van der Waals surface area (Å²) in [6, 6.07) is 10.0. The summed E-state index contributed by atoms with van der Waals surface area (Å²) in [5, 5.41) is 4.80. The first kappa shape index (κ1) is 15.6. The zero-order valence-electron chi connectivity index (χ0n) is 12.4. The topological polar surface area (TPSA) is 38.1 Å². The van der Waals surface area contributed by atoms with Gasteiger partial charge in [-0.2, -0.15) is 5.10 Å². The van der Waals surface area contributed by atoms with Gasteiger partial charge in [0.2, 0.25) is 5.91 Å². The summed E-state index contributed by atoms with van der Waals surface area (Å²) in [6.45, 7) is 3.23. The Labute approximate surface area is 130 Å². The van der Waals surface area contributed by atoms with Gasteiger partial charge in [-0.1, -0.05) is 41.9 Å². The van der Waals surface area contributed by atoms with E-state index in [1.165, 1.54) is 5.56 Å². The lowest BCUT2D eigenvalue weighted by atomic mass is 10.1. The Bertz CT molecular complexity index is 595. The largest absolute Gasteiger partial charge is 0.340 e. The molecule has 0 atom stereocenters. The highest BCUT2D eigenvalue weighted by molar-refractivity contribution is 6.31. The van der Waals surface area contributed by atoms with Crippen LogP contribution in [0.5, 0.6) is 0 Å². The summed E-state index contributed by atoms with van der Waals surface area (Å²) in [6.07, 6.45) is 2.88. The van der Waals surface area contributed by atoms with Crippen molar-refractivity contribution in [3.8, 4) is 0 Å². The number of carbonyl (C=O) groups is 1. The van der Waals surface area contributed by atoms with E-state index in [9.17, 15) is 4.79 Å². The third kappa shape index (κ3) is 4.08. The van der Waals surface area contributed by atoms with E-state index in [0.717, 1.165) is 18.7 Å². The van der Waals surface area contributed by atoms with E-state index in [1.54, 1.807) is 18.1 Å². The van der Waals surface area contributed by atoms with Gasteiger partial charge in [0.25, 0.3) is 0 Å². The molecular formula is C16H20ClN3O. The fourth-order valence-electron chi connectivity index (χ4n) is 2.22. The number of hydrogen-bond donors (Lipinski definition) is 0. The predicted molar refractivity (Wildman–Crippen MR) is 84.1 cm³/mol. The van der Waals surface area contributed by atoms with E-state index in [4.69, 9.17) is 11.6 Å². The third-order valence-corrected chi connectivity index (χ3v) is 3.80. The summed E-state index contributed by atoms with van der Waals surface area (Å²) in [5.41, 5.74) is 2.06. The number of amides is 1. The van der Waals surface area contributed by atoms with Crippen molar-refractivity contribution in [2.24, 2.45) is 0 Å². The van der Waals surface area contributed by atoms with Gasteiger partial charge in [0.15, 0.2) is 0 Å². The molecule has 0 saturated carbocycles. The Balaban J connectivity index is 1.92. The number of aryl methyl sites for hydroxylation is 2. The van der Waals surface area contributed by atoms with E-state index >= 15 is 0 Å². The number of nitrogens with zero attached hydrogens (tertiary/aromatic N) is 3. The first-order valence-corrected chi connectivity index (χ1v) is 7.47. The lowest BCUT2D eigenvalue weighted by Gasteiger charge is -2.18. The number of hydrogen-bond acceptors (Lipinski definition) is 2. The maximum absolute atomic E-state index is 12.2. The van der Waals surface area contributed by atoms with Crippen LogP contribution in [-0.4, -0.2) is 27.6 Å². The SMILES string of the molecule is CCn1ncc(Cl)c1CN(C)C(=O)CCc1ccccc1. The first-order valence-electron chi connectivity index (χ1n) is 7.10. The molecular weight excluding hydrogens is 286 g/mol. The molecule has 0 N–H and O–H groups in total. The highest BCUT2D eigenvalue weighted by Crippen LogP contribution is 2.17. The quantitative estimate of drug-likeness (QED) is 0.822. The smallest absolute Gasteiger partial charge is 0.222 e. The van der Waals surface area contributed by atoms with Crippen LogP contribution in [0.2, 0.25) is 5.02 Å². The molecule has 5 heteroatoms. The fraction of sp³-hybridized carbons (Fsp3) is 0.375. The second kappa shape index (κ2) is 7.27. The van der Waals surface area contributed by atoms with Gasteiger partial charge in [0, 0.05) is 20.0 Å². The van der Waals surface area contributed by atoms with Gasteiger partial charge in [-0.15, -0.1) is 0 Å². The van der Waals surface area contributed by atoms with Gasteiger partial charge >= 0.3 is 0 Å². The van der Waals surface area contributed by atoms with E-state index in [0.29, 0.717) is 18.0 Å². The summed E-state index contributed by atoms with van der Waals surface area (Å²) in [4.78, 5) is 13.9. The fourth-order valence-corrected chi connectivity index (χ4v) is 2.42. The monoisotopic (exact) mass is 305 g/mol. The second-order valence-electron chi connectivity index (χ2n) is 4.99. The second-order valence-corrected chi connectivity index (χ2v) is 5.40. The standard InChI is InChI=1S/C16H20ClN3O/c1-3-20-15(14(17)11-18-20)12-19(2)16(21)10-9-13-7-5-4-6-8-13/h4-8,11H,3,9-10,12H2,1-2H3. The van der Waals surface area contributed by atoms with Crippen LogP contribution in [0.25, 0.3) is 0 Å². The maximum Gasteiger partial charge on any atom is 0.222 e. The van der Waals surface area contributed by atoms with Crippen molar-refractivity contribution >= 4 is 17.5 Å². The van der Waals surface area contributed by atoms with Gasteiger partial charge in [-0.3, -0.25) is 9.48 Å². The minimum Gasteiger partial charge on any atom is -0.340 e. The average molecular weight is 306 g/mol. The van der Waals surface area contributed by atoms with E-state index in [-0.39, 0.29) is 5.91 Å². The Morgan fingerprint density at radius 1 is 1.33 bits per heavy atom. The van der Waals surface area contributed by atoms with Crippen molar-refractivity contribution in [1.29, 1.82) is 0 Å². The van der Waals surface area contributed by atoms with Crippen LogP contribution in [0.1, 0.15) is 24.6 Å². The Morgan fingerprint density at radius 3 is 2.71 bits per heavy atom. The zero-order valence-corrected chi connectivity index (χ0v) is 13.2. The average Bonchev–Trinajstić information content (AvgIpc) is 2.86. The van der Waals surface area contributed by atoms with Crippen LogP contribution in [0, 0.1) is 0 Å². The van der Waals surface area contributed by atoms with Crippen LogP contribution in [0.15, 0.2) is 36.5 Å². The molecule has 0 fully saturated rings. The molecule has 1 aromatic heterocycles. The van der Waals surface area contributed by atoms with Crippen molar-refractivity contribution < 1.29 is 4.79 Å². The van der Waals surface area contributed by atoms with Gasteiger partial charge in [0.05, 0.1) is 23.5 Å². The van der Waals surface area contributed by atoms with Crippen molar-refractivity contribution in [1.82, 2.24) is 14.7 Å². The first-order chi connectivity index (χ1) is 10.1. The molecule has 0 unspecified atom stereocenters. The summed E-state index contributed by atoms with van der Waals surface area (Å²) < 4.78 is 1.82. The molecule has 1 aromatic carbocycles. The van der Waals surface area contributed by atoms with Crippen LogP contribution in [0.3, 0.4) is 0 Å². The maximum atomic E-state index is 12.2. The Morgan fingerprint density at radius 2 is 2.05 bits per heavy atom. The normalized spacial score (nSPS) is 10.6. The number of aromatic nitrogens is 2. The number of halogens is 1. The molecule has 21 heavy (non-hydrogen) atoms. The van der Waals surface area contributed by atoms with Crippen molar-refractivity contribution in [2.75, 3.05) is 7.05 Å². The minimum absolute atomic E-state index is 0.110. The molecule has 0 aliphatic heterocycles. The summed E-state index contributed by atoms with van der Waals surface area (Å²) in [5.74, 6) is 0.110. The van der Waals surface area contributed by atoms with Crippen molar-refractivity contribution in [3.63, 3.8) is 0 Å². The molecule has 112 valence electrons. The number of carbonyl (C=O) groups excluding carboxylic acids is 1. The van der Waals surface area contributed by atoms with E-state index in [1.807, 2.05) is 41.9 Å². The Hall–Kier alpha value is -1.81. The highest BCUT2D eigenvalue weighted by atomic mass is 35.5. The molecule has 4 nitrogen and oxygen atoms in total. The van der Waals surface area contributed by atoms with Gasteiger partial charge in [0.1, 0.15) is 0 Å². The van der Waals surface area contributed by atoms with E-state index in [2.05, 4.69) is 5.10 Å². The predicted octanol–water partition coefficient (Wildman–Crippen LogP) is 3.15. The lowest BCUT2D eigenvalue weighted by molar-refractivity contribution is -0.130. The van der Waals surface area contributed by atoms with Crippen molar-refractivity contribution in [3.05, 3.63) is 52.8 Å². The molecule has 1 heterocycles. The number of rotatable bonds is 6. The van der Waals surface area contributed by atoms with Crippen LogP contribution >= 0.6 is 11.6 Å². The number of benzene rings is 1. The van der Waals surface area contributed by atoms with Gasteiger partial charge < -0.3 is 4.90 Å². The molecule has 2 rings (SSSR count). The molecule has 2 aromatic rings. The van der Waals surface area contributed by atoms with Crippen molar-refractivity contribution in [2.45, 2.75) is 32.9 Å².